The van der Waals surface area contributed by atoms with Gasteiger partial charge in [0, 0.05) is 55.9 Å². The second-order valence-electron chi connectivity index (χ2n) is 4.96. The predicted octanol–water partition coefficient (Wildman–Crippen LogP) is 4.97. The quantitative estimate of drug-likeness (QED) is 0.279. The summed E-state index contributed by atoms with van der Waals surface area (Å²) in [6.07, 6.45) is 15.5. The monoisotopic (exact) mass is 316 g/mol. The molecule has 0 aliphatic rings. The largest absolute Gasteiger partial charge is 0.694 e. The minimum Gasteiger partial charge on any atom is -0.133 e. The Hall–Kier alpha value is 1.66. The fraction of sp³-hybridized carbons (Fsp3) is 1.00. The standard InChI is InChI=1S/C14H29O3P.K/c1-2-3-4-5-6-7-8-9-10-11-12-13-14-17-18(15)16;/h2-14H2,1H3;/p+1. The zero-order valence-electron chi connectivity index (χ0n) is 12.9. The van der Waals surface area contributed by atoms with Crippen molar-refractivity contribution in [2.75, 3.05) is 6.61 Å². The predicted molar refractivity (Wildman–Crippen MR) is 82.6 cm³/mol. The molecule has 5 heteroatoms. The van der Waals surface area contributed by atoms with E-state index in [-0.39, 0.29) is 51.4 Å². The maximum Gasteiger partial charge on any atom is 0.694 e. The molecule has 0 saturated carbocycles. The smallest absolute Gasteiger partial charge is 0.133 e. The van der Waals surface area contributed by atoms with E-state index in [1.165, 1.54) is 64.2 Å². The molecule has 19 heavy (non-hydrogen) atoms. The number of hydrogen-bond donors (Lipinski definition) is 1. The van der Waals surface area contributed by atoms with Crippen molar-refractivity contribution in [1.29, 1.82) is 0 Å². The molecule has 0 heterocycles. The normalized spacial score (nSPS) is 11.2. The van der Waals surface area contributed by atoms with Crippen LogP contribution < -0.4 is 0 Å². The summed E-state index contributed by atoms with van der Waals surface area (Å²) in [5.74, 6) is 0. The molecule has 0 aliphatic carbocycles. The molecule has 0 amide bonds. The van der Waals surface area contributed by atoms with Gasteiger partial charge in [0.1, 0.15) is 6.61 Å². The fourth-order valence-electron chi connectivity index (χ4n) is 2.09. The van der Waals surface area contributed by atoms with Crippen LogP contribution in [0.25, 0.3) is 0 Å². The first-order chi connectivity index (χ1) is 8.77. The Labute approximate surface area is 162 Å². The van der Waals surface area contributed by atoms with Gasteiger partial charge in [0.15, 0.2) is 0 Å². The molecule has 109 valence electrons. The van der Waals surface area contributed by atoms with E-state index >= 15 is 0 Å². The minimum absolute atomic E-state index is 0. The molecule has 1 unspecified atom stereocenters. The van der Waals surface area contributed by atoms with E-state index in [0.717, 1.165) is 12.8 Å². The Bertz CT molecular complexity index is 192. The SMILES string of the molecule is CCCCCCCCCCCCCCO[P+](=O)O.[K]. The van der Waals surface area contributed by atoms with Crippen LogP contribution >= 0.6 is 8.25 Å². The van der Waals surface area contributed by atoms with E-state index in [1.807, 2.05) is 0 Å². The molecule has 0 fully saturated rings. The van der Waals surface area contributed by atoms with E-state index < -0.39 is 8.25 Å². The molecule has 1 atom stereocenters. The van der Waals surface area contributed by atoms with Gasteiger partial charge in [0.05, 0.1) is 0 Å². The molecule has 0 aliphatic heterocycles. The van der Waals surface area contributed by atoms with E-state index in [9.17, 15) is 4.57 Å². The third-order valence-corrected chi connectivity index (χ3v) is 3.60. The summed E-state index contributed by atoms with van der Waals surface area (Å²) in [5, 5.41) is 0. The average Bonchev–Trinajstić information content (AvgIpc) is 2.34. The Morgan fingerprint density at radius 2 is 1.16 bits per heavy atom. The number of hydrogen-bond acceptors (Lipinski definition) is 2. The van der Waals surface area contributed by atoms with Crippen LogP contribution in [0.3, 0.4) is 0 Å². The Morgan fingerprint density at radius 3 is 1.53 bits per heavy atom. The Morgan fingerprint density at radius 1 is 0.789 bits per heavy atom. The van der Waals surface area contributed by atoms with Gasteiger partial charge in [-0.15, -0.1) is 9.42 Å². The third kappa shape index (κ3) is 22.1. The van der Waals surface area contributed by atoms with Gasteiger partial charge in [0.2, 0.25) is 0 Å². The van der Waals surface area contributed by atoms with E-state index in [1.54, 1.807) is 0 Å². The van der Waals surface area contributed by atoms with Gasteiger partial charge in [-0.2, -0.15) is 0 Å². The summed E-state index contributed by atoms with van der Waals surface area (Å²) in [7, 11) is -2.39. The van der Waals surface area contributed by atoms with Crippen LogP contribution in [0.5, 0.6) is 0 Å². The first kappa shape index (κ1) is 22.9. The van der Waals surface area contributed by atoms with Gasteiger partial charge in [-0.1, -0.05) is 77.6 Å². The number of rotatable bonds is 14. The summed E-state index contributed by atoms with van der Waals surface area (Å²) in [6, 6.07) is 0. The second kappa shape index (κ2) is 19.7. The number of unbranched alkanes of at least 4 members (excludes halogenated alkanes) is 11. The van der Waals surface area contributed by atoms with Crippen LogP contribution in [-0.4, -0.2) is 62.9 Å². The van der Waals surface area contributed by atoms with Crippen molar-refractivity contribution in [2.24, 2.45) is 0 Å². The van der Waals surface area contributed by atoms with Crippen molar-refractivity contribution >= 4 is 59.6 Å². The van der Waals surface area contributed by atoms with Gasteiger partial charge < -0.3 is 0 Å². The van der Waals surface area contributed by atoms with Crippen molar-refractivity contribution in [2.45, 2.75) is 84.0 Å². The zero-order valence-corrected chi connectivity index (χ0v) is 16.9. The van der Waals surface area contributed by atoms with Gasteiger partial charge in [0.25, 0.3) is 0 Å². The average molecular weight is 316 g/mol. The third-order valence-electron chi connectivity index (χ3n) is 3.20. The van der Waals surface area contributed by atoms with Crippen molar-refractivity contribution < 1.29 is 14.0 Å². The molecule has 0 aromatic rings. The van der Waals surface area contributed by atoms with Crippen molar-refractivity contribution in [3.8, 4) is 0 Å². The first-order valence-electron chi connectivity index (χ1n) is 7.56. The zero-order chi connectivity index (χ0) is 13.5. The molecule has 0 aromatic carbocycles. The molecule has 0 bridgehead atoms. The van der Waals surface area contributed by atoms with Crippen LogP contribution in [0.1, 0.15) is 84.0 Å². The van der Waals surface area contributed by atoms with Crippen LogP contribution in [0.2, 0.25) is 0 Å². The van der Waals surface area contributed by atoms with Gasteiger partial charge in [-0.05, 0) is 6.42 Å². The van der Waals surface area contributed by atoms with E-state index in [0.29, 0.717) is 6.61 Å². The van der Waals surface area contributed by atoms with Crippen LogP contribution in [0.15, 0.2) is 0 Å². The summed E-state index contributed by atoms with van der Waals surface area (Å²) >= 11 is 0. The molecule has 0 spiro atoms. The maximum atomic E-state index is 10.2. The van der Waals surface area contributed by atoms with Crippen LogP contribution in [0.4, 0.5) is 0 Å². The van der Waals surface area contributed by atoms with Gasteiger partial charge in [-0.25, -0.2) is 0 Å². The van der Waals surface area contributed by atoms with Crippen LogP contribution in [0, 0.1) is 0 Å². The molecular weight excluding hydrogens is 286 g/mol. The molecule has 0 saturated heterocycles. The summed E-state index contributed by atoms with van der Waals surface area (Å²) in [6.45, 7) is 2.67. The van der Waals surface area contributed by atoms with Crippen molar-refractivity contribution in [3.05, 3.63) is 0 Å². The van der Waals surface area contributed by atoms with Crippen molar-refractivity contribution in [1.82, 2.24) is 0 Å². The summed E-state index contributed by atoms with van der Waals surface area (Å²) in [5.41, 5.74) is 0. The van der Waals surface area contributed by atoms with Gasteiger partial charge >= 0.3 is 8.25 Å². The second-order valence-corrected chi connectivity index (χ2v) is 5.69. The molecule has 1 radical (unpaired) electrons. The molecule has 1 N–H and O–H groups in total. The summed E-state index contributed by atoms with van der Waals surface area (Å²) < 4.78 is 14.8. The molecule has 0 rings (SSSR count). The first-order valence-corrected chi connectivity index (χ1v) is 8.69. The summed E-state index contributed by atoms with van der Waals surface area (Å²) in [4.78, 5) is 8.42. The van der Waals surface area contributed by atoms with E-state index in [4.69, 9.17) is 4.89 Å². The van der Waals surface area contributed by atoms with E-state index in [2.05, 4.69) is 11.4 Å². The minimum atomic E-state index is -2.39. The molecule has 0 aromatic heterocycles. The topological polar surface area (TPSA) is 46.5 Å². The Kier molecular flexibility index (Phi) is 23.7. The maximum absolute atomic E-state index is 10.2. The van der Waals surface area contributed by atoms with Gasteiger partial charge in [-0.3, -0.25) is 0 Å². The van der Waals surface area contributed by atoms with Crippen molar-refractivity contribution in [3.63, 3.8) is 0 Å². The van der Waals surface area contributed by atoms with Crippen LogP contribution in [-0.2, 0) is 9.09 Å². The fourth-order valence-corrected chi connectivity index (χ4v) is 2.37. The Balaban J connectivity index is 0. The molecular formula is C14H30KO3P+. The molecule has 3 nitrogen and oxygen atoms in total.